The number of amides is 1. The van der Waals surface area contributed by atoms with Crippen molar-refractivity contribution >= 4 is 23.5 Å². The first-order chi connectivity index (χ1) is 15.9. The number of hydrogen-bond acceptors (Lipinski definition) is 6. The zero-order chi connectivity index (χ0) is 23.5. The molecule has 8 nitrogen and oxygen atoms in total. The molecule has 9 heteroatoms. The van der Waals surface area contributed by atoms with Crippen LogP contribution in [0.1, 0.15) is 23.2 Å². The Kier molecular flexibility index (Phi) is 6.46. The smallest absolute Gasteiger partial charge is 0.326 e. The molecule has 0 spiro atoms. The summed E-state index contributed by atoms with van der Waals surface area (Å²) in [5.74, 6) is -1.03. The summed E-state index contributed by atoms with van der Waals surface area (Å²) in [6, 6.07) is 11.8. The van der Waals surface area contributed by atoms with Gasteiger partial charge in [-0.1, -0.05) is 35.9 Å². The van der Waals surface area contributed by atoms with Gasteiger partial charge in [-0.2, -0.15) is 4.98 Å². The van der Waals surface area contributed by atoms with Gasteiger partial charge in [-0.3, -0.25) is 4.79 Å². The number of halogens is 1. The minimum Gasteiger partial charge on any atom is -0.480 e. The Morgan fingerprint density at radius 2 is 1.85 bits per heavy atom. The number of carbonyl (C=O) groups is 2. The molecule has 1 aromatic heterocycles. The van der Waals surface area contributed by atoms with Gasteiger partial charge >= 0.3 is 12.0 Å². The first-order valence-electron chi connectivity index (χ1n) is 10.3. The molecule has 1 unspecified atom stereocenters. The van der Waals surface area contributed by atoms with E-state index in [4.69, 9.17) is 21.1 Å². The summed E-state index contributed by atoms with van der Waals surface area (Å²) in [4.78, 5) is 34.7. The number of carboxylic acids is 1. The van der Waals surface area contributed by atoms with Gasteiger partial charge in [0.05, 0.1) is 19.8 Å². The lowest BCUT2D eigenvalue weighted by Crippen LogP contribution is -2.40. The number of rotatable bonds is 6. The van der Waals surface area contributed by atoms with Gasteiger partial charge in [-0.15, -0.1) is 0 Å². The number of hydrogen-bond donors (Lipinski definition) is 1. The van der Waals surface area contributed by atoms with Crippen molar-refractivity contribution in [2.24, 2.45) is 0 Å². The Hall–Kier alpha value is -3.65. The van der Waals surface area contributed by atoms with Crippen LogP contribution >= 0.6 is 11.6 Å². The number of nitrogens with zero attached hydrogens (tertiary/aromatic N) is 3. The van der Waals surface area contributed by atoms with E-state index in [2.05, 4.69) is 9.97 Å². The van der Waals surface area contributed by atoms with Crippen LogP contribution in [-0.4, -0.2) is 58.7 Å². The Morgan fingerprint density at radius 1 is 1.06 bits per heavy atom. The minimum atomic E-state index is -0.996. The Bertz CT molecular complexity index is 1220. The van der Waals surface area contributed by atoms with Crippen LogP contribution in [0, 0.1) is 0 Å². The summed E-state index contributed by atoms with van der Waals surface area (Å²) in [7, 11) is 2.96. The molecule has 1 amide bonds. The van der Waals surface area contributed by atoms with Crippen LogP contribution in [0.15, 0.2) is 48.7 Å². The molecule has 0 saturated carbocycles. The van der Waals surface area contributed by atoms with Crippen LogP contribution in [0.3, 0.4) is 0 Å². The van der Waals surface area contributed by atoms with Crippen LogP contribution in [-0.2, 0) is 4.79 Å². The normalized spacial score (nSPS) is 15.4. The molecule has 2 aromatic carbocycles. The largest absolute Gasteiger partial charge is 0.480 e. The van der Waals surface area contributed by atoms with Gasteiger partial charge in [0.2, 0.25) is 5.88 Å². The monoisotopic (exact) mass is 467 g/mol. The van der Waals surface area contributed by atoms with E-state index in [9.17, 15) is 14.7 Å². The van der Waals surface area contributed by atoms with Crippen molar-refractivity contribution in [2.45, 2.75) is 18.9 Å². The van der Waals surface area contributed by atoms with E-state index in [0.29, 0.717) is 58.1 Å². The highest BCUT2D eigenvalue weighted by molar-refractivity contribution is 6.33. The van der Waals surface area contributed by atoms with E-state index in [0.717, 1.165) is 0 Å². The number of carboxylic acid groups (broad SMARTS) is 1. The molecule has 3 aromatic rings. The van der Waals surface area contributed by atoms with Crippen LogP contribution in [0.2, 0.25) is 5.02 Å². The van der Waals surface area contributed by atoms with Crippen LogP contribution in [0.5, 0.6) is 11.9 Å². The molecule has 1 N–H and O–H groups in total. The molecule has 33 heavy (non-hydrogen) atoms. The second-order valence-electron chi connectivity index (χ2n) is 7.51. The van der Waals surface area contributed by atoms with E-state index < -0.39 is 12.0 Å². The molecule has 0 aliphatic carbocycles. The van der Waals surface area contributed by atoms with E-state index in [1.807, 2.05) is 18.2 Å². The fourth-order valence-electron chi connectivity index (χ4n) is 4.04. The highest BCUT2D eigenvalue weighted by Gasteiger charge is 2.34. The van der Waals surface area contributed by atoms with Gasteiger partial charge in [0.15, 0.2) is 0 Å². The maximum atomic E-state index is 13.2. The molecule has 1 atom stereocenters. The molecule has 2 heterocycles. The topological polar surface area (TPSA) is 102 Å². The Balaban J connectivity index is 1.86. The summed E-state index contributed by atoms with van der Waals surface area (Å²) in [5.41, 5.74) is 3.05. The molecular formula is C24H22ClN3O5. The van der Waals surface area contributed by atoms with Crippen molar-refractivity contribution in [3.05, 3.63) is 59.2 Å². The van der Waals surface area contributed by atoms with E-state index in [-0.39, 0.29) is 11.9 Å². The molecule has 0 bridgehead atoms. The summed E-state index contributed by atoms with van der Waals surface area (Å²) in [5, 5.41) is 9.99. The van der Waals surface area contributed by atoms with Gasteiger partial charge in [0.1, 0.15) is 6.04 Å². The molecule has 4 rings (SSSR count). The molecule has 1 saturated heterocycles. The number of carbonyl (C=O) groups excluding carboxylic acids is 1. The fraction of sp³-hybridized carbons (Fsp3) is 0.250. The number of ether oxygens (including phenoxy) is 2. The zero-order valence-electron chi connectivity index (χ0n) is 18.1. The Labute approximate surface area is 195 Å². The summed E-state index contributed by atoms with van der Waals surface area (Å²) < 4.78 is 10.6. The van der Waals surface area contributed by atoms with E-state index in [1.54, 1.807) is 30.5 Å². The quantitative estimate of drug-likeness (QED) is 0.580. The number of benzene rings is 2. The fourth-order valence-corrected chi connectivity index (χ4v) is 4.27. The minimum absolute atomic E-state index is 0.162. The zero-order valence-corrected chi connectivity index (χ0v) is 18.9. The molecular weight excluding hydrogens is 446 g/mol. The summed E-state index contributed by atoms with van der Waals surface area (Å²) >= 11 is 6.51. The molecule has 1 aliphatic rings. The average Bonchev–Trinajstić information content (AvgIpc) is 3.33. The summed E-state index contributed by atoms with van der Waals surface area (Å²) in [6.07, 6.45) is 2.68. The first kappa shape index (κ1) is 22.5. The first-order valence-corrected chi connectivity index (χ1v) is 10.7. The number of aromatic nitrogens is 2. The lowest BCUT2D eigenvalue weighted by molar-refractivity contribution is -0.141. The second kappa shape index (κ2) is 9.46. The van der Waals surface area contributed by atoms with Gasteiger partial charge in [0.25, 0.3) is 5.91 Å². The standard InChI is InChI=1S/C24H22ClN3O5/c1-32-21-18(13-26-24(27-21)33-2)15-10-9-14(12-17(15)16-6-3-4-7-19(16)25)22(29)28-11-5-8-20(28)23(30)31/h3-4,6-7,9-10,12-13,20H,5,8,11H2,1-2H3,(H,30,31). The third-order valence-electron chi connectivity index (χ3n) is 5.63. The average molecular weight is 468 g/mol. The molecule has 0 radical (unpaired) electrons. The van der Waals surface area contributed by atoms with Crippen molar-refractivity contribution in [3.63, 3.8) is 0 Å². The van der Waals surface area contributed by atoms with Crippen molar-refractivity contribution in [1.29, 1.82) is 0 Å². The number of methoxy groups -OCH3 is 2. The van der Waals surface area contributed by atoms with Gasteiger partial charge < -0.3 is 19.5 Å². The van der Waals surface area contributed by atoms with Gasteiger partial charge in [-0.25, -0.2) is 9.78 Å². The van der Waals surface area contributed by atoms with E-state index in [1.165, 1.54) is 19.1 Å². The third-order valence-corrected chi connectivity index (χ3v) is 5.96. The lowest BCUT2D eigenvalue weighted by Gasteiger charge is -2.22. The van der Waals surface area contributed by atoms with Crippen LogP contribution in [0.25, 0.3) is 22.3 Å². The summed E-state index contributed by atoms with van der Waals surface area (Å²) in [6.45, 7) is 0.402. The highest BCUT2D eigenvalue weighted by Crippen LogP contribution is 2.40. The SMILES string of the molecule is COc1ncc(-c2ccc(C(=O)N3CCCC3C(=O)O)cc2-c2ccccc2Cl)c(OC)n1. The number of aliphatic carboxylic acids is 1. The van der Waals surface area contributed by atoms with Gasteiger partial charge in [-0.05, 0) is 42.2 Å². The van der Waals surface area contributed by atoms with Crippen molar-refractivity contribution in [3.8, 4) is 34.1 Å². The lowest BCUT2D eigenvalue weighted by atomic mass is 9.93. The van der Waals surface area contributed by atoms with Gasteiger partial charge in [0, 0.05) is 28.9 Å². The van der Waals surface area contributed by atoms with Crippen LogP contribution in [0.4, 0.5) is 0 Å². The molecule has 1 aliphatic heterocycles. The van der Waals surface area contributed by atoms with Crippen LogP contribution < -0.4 is 9.47 Å². The highest BCUT2D eigenvalue weighted by atomic mass is 35.5. The second-order valence-corrected chi connectivity index (χ2v) is 7.92. The van der Waals surface area contributed by atoms with E-state index >= 15 is 0 Å². The van der Waals surface area contributed by atoms with Crippen molar-refractivity contribution < 1.29 is 24.2 Å². The predicted octanol–water partition coefficient (Wildman–Crippen LogP) is 4.17. The maximum absolute atomic E-state index is 13.2. The van der Waals surface area contributed by atoms with Crippen molar-refractivity contribution in [2.75, 3.05) is 20.8 Å². The molecule has 1 fully saturated rings. The van der Waals surface area contributed by atoms with Crippen molar-refractivity contribution in [1.82, 2.24) is 14.9 Å². The predicted molar refractivity (Wildman–Crippen MR) is 123 cm³/mol. The molecule has 170 valence electrons. The Morgan fingerprint density at radius 3 is 2.55 bits per heavy atom. The number of likely N-dealkylation sites (tertiary alicyclic amines) is 1. The third kappa shape index (κ3) is 4.34. The maximum Gasteiger partial charge on any atom is 0.326 e.